The summed E-state index contributed by atoms with van der Waals surface area (Å²) in [5, 5.41) is 2.78. The van der Waals surface area contributed by atoms with Crippen LogP contribution in [-0.2, 0) is 19.1 Å². The van der Waals surface area contributed by atoms with Gasteiger partial charge < -0.3 is 14.8 Å². The Morgan fingerprint density at radius 1 is 1.10 bits per heavy atom. The number of methoxy groups -OCH3 is 1. The molecule has 0 unspecified atom stereocenters. The topological polar surface area (TPSA) is 84.9 Å². The van der Waals surface area contributed by atoms with Crippen molar-refractivity contribution in [2.75, 3.05) is 23.9 Å². The second kappa shape index (κ2) is 9.47. The van der Waals surface area contributed by atoms with Gasteiger partial charge in [0, 0.05) is 17.8 Å². The molecule has 0 aromatic heterocycles. The minimum Gasteiger partial charge on any atom is -0.495 e. The van der Waals surface area contributed by atoms with Crippen molar-refractivity contribution in [3.8, 4) is 5.75 Å². The molecule has 7 nitrogen and oxygen atoms in total. The highest BCUT2D eigenvalue weighted by Crippen LogP contribution is 2.35. The Kier molecular flexibility index (Phi) is 6.74. The van der Waals surface area contributed by atoms with Crippen LogP contribution in [0.4, 0.5) is 11.4 Å². The molecule has 0 bridgehead atoms. The summed E-state index contributed by atoms with van der Waals surface area (Å²) in [6.45, 7) is 5.47. The van der Waals surface area contributed by atoms with Crippen molar-refractivity contribution < 1.29 is 23.9 Å². The maximum Gasteiger partial charge on any atom is 0.336 e. The number of hydrogen-bond acceptors (Lipinski definition) is 5. The molecule has 0 spiro atoms. The van der Waals surface area contributed by atoms with Crippen LogP contribution in [0.25, 0.3) is 0 Å². The zero-order valence-electron chi connectivity index (χ0n) is 18.1. The summed E-state index contributed by atoms with van der Waals surface area (Å²) < 4.78 is 10.5. The Morgan fingerprint density at radius 3 is 2.42 bits per heavy atom. The first-order valence-electron chi connectivity index (χ1n) is 10.1. The summed E-state index contributed by atoms with van der Waals surface area (Å²) >= 11 is 0. The Balaban J connectivity index is 2.01. The van der Waals surface area contributed by atoms with E-state index in [0.717, 1.165) is 5.56 Å². The fourth-order valence-corrected chi connectivity index (χ4v) is 3.65. The van der Waals surface area contributed by atoms with Crippen molar-refractivity contribution in [2.45, 2.75) is 27.2 Å². The zero-order chi connectivity index (χ0) is 22.5. The molecular weight excluding hydrogens is 396 g/mol. The Labute approximate surface area is 181 Å². The number of carbonyl (C=O) groups excluding carboxylic acids is 3. The molecule has 1 N–H and O–H groups in total. The van der Waals surface area contributed by atoms with E-state index in [1.54, 1.807) is 38.1 Å². The Bertz CT molecular complexity index is 1030. The highest BCUT2D eigenvalue weighted by molar-refractivity contribution is 6.10. The Hall–Kier alpha value is -3.61. The predicted octanol–water partition coefficient (Wildman–Crippen LogP) is 3.83. The molecule has 0 saturated carbocycles. The van der Waals surface area contributed by atoms with Gasteiger partial charge in [0.1, 0.15) is 5.75 Å². The smallest absolute Gasteiger partial charge is 0.336 e. The number of aryl methyl sites for hydroxylation is 1. The van der Waals surface area contributed by atoms with Gasteiger partial charge in [0.25, 0.3) is 0 Å². The van der Waals surface area contributed by atoms with Gasteiger partial charge in [-0.15, -0.1) is 0 Å². The van der Waals surface area contributed by atoms with Crippen LogP contribution in [0.1, 0.15) is 25.8 Å². The van der Waals surface area contributed by atoms with Gasteiger partial charge in [0.05, 0.1) is 30.9 Å². The highest BCUT2D eigenvalue weighted by atomic mass is 16.5. The van der Waals surface area contributed by atoms with Crippen molar-refractivity contribution in [2.24, 2.45) is 5.92 Å². The van der Waals surface area contributed by atoms with Gasteiger partial charge in [-0.1, -0.05) is 29.8 Å². The van der Waals surface area contributed by atoms with Gasteiger partial charge in [-0.25, -0.2) is 4.79 Å². The highest BCUT2D eigenvalue weighted by Gasteiger charge is 2.40. The molecule has 162 valence electrons. The molecule has 0 saturated heterocycles. The number of amides is 2. The SMILES string of the molecule is CCOC(=O)C1=C(C)N(c2ccc(C)cc2)C(=O)C[C@H]1C(=O)Nc1ccccc1OC. The minimum absolute atomic E-state index is 0.152. The van der Waals surface area contributed by atoms with E-state index in [2.05, 4.69) is 5.32 Å². The molecule has 0 fully saturated rings. The molecule has 1 aliphatic heterocycles. The summed E-state index contributed by atoms with van der Waals surface area (Å²) in [6.07, 6.45) is -0.152. The summed E-state index contributed by atoms with van der Waals surface area (Å²) in [7, 11) is 1.50. The number of nitrogens with zero attached hydrogens (tertiary/aromatic N) is 1. The lowest BCUT2D eigenvalue weighted by atomic mass is 9.88. The third kappa shape index (κ3) is 4.60. The van der Waals surface area contributed by atoms with Gasteiger partial charge in [-0.05, 0) is 45.0 Å². The third-order valence-electron chi connectivity index (χ3n) is 5.17. The molecular formula is C24H26N2O5. The predicted molar refractivity (Wildman–Crippen MR) is 118 cm³/mol. The van der Waals surface area contributed by atoms with Crippen molar-refractivity contribution in [1.82, 2.24) is 0 Å². The largest absolute Gasteiger partial charge is 0.495 e. The van der Waals surface area contributed by atoms with E-state index >= 15 is 0 Å². The van der Waals surface area contributed by atoms with Crippen LogP contribution in [0, 0.1) is 12.8 Å². The monoisotopic (exact) mass is 422 g/mol. The third-order valence-corrected chi connectivity index (χ3v) is 5.17. The molecule has 0 radical (unpaired) electrons. The van der Waals surface area contributed by atoms with E-state index in [1.807, 2.05) is 31.2 Å². The number of esters is 1. The molecule has 1 atom stereocenters. The zero-order valence-corrected chi connectivity index (χ0v) is 18.1. The van der Waals surface area contributed by atoms with Crippen LogP contribution in [0.2, 0.25) is 0 Å². The van der Waals surface area contributed by atoms with E-state index in [4.69, 9.17) is 9.47 Å². The number of para-hydroxylation sites is 2. The fourth-order valence-electron chi connectivity index (χ4n) is 3.65. The van der Waals surface area contributed by atoms with E-state index in [1.165, 1.54) is 12.0 Å². The summed E-state index contributed by atoms with van der Waals surface area (Å²) in [6, 6.07) is 14.4. The average Bonchev–Trinajstić information content (AvgIpc) is 2.75. The van der Waals surface area contributed by atoms with E-state index in [9.17, 15) is 14.4 Å². The maximum absolute atomic E-state index is 13.2. The number of hydrogen-bond donors (Lipinski definition) is 1. The number of anilines is 2. The number of rotatable bonds is 6. The van der Waals surface area contributed by atoms with Crippen LogP contribution in [0.5, 0.6) is 5.75 Å². The summed E-state index contributed by atoms with van der Waals surface area (Å²) in [4.78, 5) is 40.5. The first-order valence-corrected chi connectivity index (χ1v) is 10.1. The fraction of sp³-hybridized carbons (Fsp3) is 0.292. The molecule has 2 aromatic carbocycles. The second-order valence-electron chi connectivity index (χ2n) is 7.23. The van der Waals surface area contributed by atoms with Gasteiger partial charge in [-0.3, -0.25) is 14.5 Å². The molecule has 2 amide bonds. The Morgan fingerprint density at radius 2 is 1.77 bits per heavy atom. The second-order valence-corrected chi connectivity index (χ2v) is 7.23. The maximum atomic E-state index is 13.2. The van der Waals surface area contributed by atoms with Crippen molar-refractivity contribution in [3.05, 3.63) is 65.4 Å². The quantitative estimate of drug-likeness (QED) is 0.715. The lowest BCUT2D eigenvalue weighted by molar-refractivity contribution is -0.141. The van der Waals surface area contributed by atoms with E-state index in [-0.39, 0.29) is 24.5 Å². The van der Waals surface area contributed by atoms with Crippen LogP contribution in [-0.4, -0.2) is 31.5 Å². The minimum atomic E-state index is -0.974. The van der Waals surface area contributed by atoms with Crippen molar-refractivity contribution in [1.29, 1.82) is 0 Å². The van der Waals surface area contributed by atoms with Gasteiger partial charge in [0.15, 0.2) is 0 Å². The molecule has 31 heavy (non-hydrogen) atoms. The van der Waals surface area contributed by atoms with Crippen molar-refractivity contribution >= 4 is 29.2 Å². The number of allylic oxidation sites excluding steroid dienone is 1. The lowest BCUT2D eigenvalue weighted by Crippen LogP contribution is -2.43. The molecule has 7 heteroatoms. The van der Waals surface area contributed by atoms with E-state index < -0.39 is 17.8 Å². The molecule has 3 rings (SSSR count). The van der Waals surface area contributed by atoms with Crippen LogP contribution in [0.15, 0.2) is 59.8 Å². The first kappa shape index (κ1) is 22.1. The molecule has 2 aromatic rings. The first-order chi connectivity index (χ1) is 14.9. The number of carbonyl (C=O) groups is 3. The number of nitrogens with one attached hydrogen (secondary N) is 1. The van der Waals surface area contributed by atoms with Gasteiger partial charge >= 0.3 is 5.97 Å². The van der Waals surface area contributed by atoms with Gasteiger partial charge in [-0.2, -0.15) is 0 Å². The molecule has 1 heterocycles. The average molecular weight is 422 g/mol. The summed E-state index contributed by atoms with van der Waals surface area (Å²) in [5.41, 5.74) is 2.71. The molecule has 1 aliphatic rings. The van der Waals surface area contributed by atoms with Crippen LogP contribution >= 0.6 is 0 Å². The standard InChI is InChI=1S/C24H26N2O5/c1-5-31-24(29)22-16(3)26(17-12-10-15(2)11-13-17)21(27)14-18(22)23(28)25-19-8-6-7-9-20(19)30-4/h6-13,18H,5,14H2,1-4H3,(H,25,28)/t18-/m1/s1. The van der Waals surface area contributed by atoms with Crippen molar-refractivity contribution in [3.63, 3.8) is 0 Å². The van der Waals surface area contributed by atoms with Crippen LogP contribution < -0.4 is 15.0 Å². The molecule has 0 aliphatic carbocycles. The lowest BCUT2D eigenvalue weighted by Gasteiger charge is -2.33. The van der Waals surface area contributed by atoms with Crippen LogP contribution in [0.3, 0.4) is 0 Å². The normalized spacial score (nSPS) is 16.2. The van der Waals surface area contributed by atoms with E-state index in [0.29, 0.717) is 22.8 Å². The number of ether oxygens (including phenoxy) is 2. The number of benzene rings is 2. The van der Waals surface area contributed by atoms with Gasteiger partial charge in [0.2, 0.25) is 11.8 Å². The summed E-state index contributed by atoms with van der Waals surface area (Å²) in [5.74, 6) is -1.83.